The van der Waals surface area contributed by atoms with Crippen LogP contribution in [-0.4, -0.2) is 21.7 Å². The lowest BCUT2D eigenvalue weighted by Crippen LogP contribution is -3.00. The molecule has 0 radical (unpaired) electrons. The number of imidazole rings is 1. The Balaban J connectivity index is 0.00000112. The zero-order valence-corrected chi connectivity index (χ0v) is 8.96. The number of nitrogens with two attached hydrogens (primary N) is 1. The van der Waals surface area contributed by atoms with Crippen LogP contribution in [0.1, 0.15) is 12.2 Å². The van der Waals surface area contributed by atoms with Gasteiger partial charge >= 0.3 is 0 Å². The molecule has 0 aliphatic heterocycles. The van der Waals surface area contributed by atoms with Gasteiger partial charge < -0.3 is 28.2 Å². The Labute approximate surface area is 93.9 Å². The summed E-state index contributed by atoms with van der Waals surface area (Å²) >= 11 is 0. The van der Waals surface area contributed by atoms with Crippen LogP contribution in [0.4, 0.5) is 5.69 Å². The standard InChI is InChI=1S/C10H13N3O.ClH/c11-7-3-4-8-9(6-7)13-10(12-8)2-1-5-14;/h3-4,6,14H,1-2,5,11H2,(H,12,13);1H/p-1. The molecular weight excluding hydrogens is 214 g/mol. The Morgan fingerprint density at radius 3 is 2.93 bits per heavy atom. The van der Waals surface area contributed by atoms with Gasteiger partial charge in [0.1, 0.15) is 5.82 Å². The maximum atomic E-state index is 8.68. The predicted molar refractivity (Wildman–Crippen MR) is 55.9 cm³/mol. The molecule has 0 unspecified atom stereocenters. The molecule has 2 aromatic rings. The number of hydrogen-bond acceptors (Lipinski definition) is 3. The number of aryl methyl sites for hydroxylation is 1. The van der Waals surface area contributed by atoms with Gasteiger partial charge in [0.25, 0.3) is 0 Å². The molecule has 1 heterocycles. The number of hydrogen-bond donors (Lipinski definition) is 3. The van der Waals surface area contributed by atoms with Gasteiger partial charge in [0.05, 0.1) is 11.0 Å². The van der Waals surface area contributed by atoms with E-state index < -0.39 is 0 Å². The topological polar surface area (TPSA) is 74.9 Å². The lowest BCUT2D eigenvalue weighted by Gasteiger charge is -1.91. The highest BCUT2D eigenvalue weighted by Gasteiger charge is 2.01. The number of nitrogens with one attached hydrogen (secondary N) is 1. The first-order chi connectivity index (χ1) is 6.79. The lowest BCUT2D eigenvalue weighted by molar-refractivity contribution is -0.00000414. The highest BCUT2D eigenvalue weighted by atomic mass is 35.5. The third kappa shape index (κ3) is 2.61. The summed E-state index contributed by atoms with van der Waals surface area (Å²) in [6.45, 7) is 0.194. The zero-order chi connectivity index (χ0) is 9.97. The Kier molecular flexibility index (Phi) is 3.94. The van der Waals surface area contributed by atoms with E-state index >= 15 is 0 Å². The molecule has 5 heteroatoms. The number of nitrogens with zero attached hydrogens (tertiary/aromatic N) is 1. The van der Waals surface area contributed by atoms with Crippen LogP contribution in [-0.2, 0) is 6.42 Å². The summed E-state index contributed by atoms with van der Waals surface area (Å²) in [5.74, 6) is 0.902. The average molecular weight is 227 g/mol. The first-order valence-corrected chi connectivity index (χ1v) is 4.64. The molecule has 4 nitrogen and oxygen atoms in total. The summed E-state index contributed by atoms with van der Waals surface area (Å²) in [6, 6.07) is 5.59. The second-order valence-corrected chi connectivity index (χ2v) is 3.29. The monoisotopic (exact) mass is 226 g/mol. The molecule has 0 bridgehead atoms. The molecule has 0 aliphatic carbocycles. The zero-order valence-electron chi connectivity index (χ0n) is 8.20. The summed E-state index contributed by atoms with van der Waals surface area (Å²) < 4.78 is 0. The van der Waals surface area contributed by atoms with Gasteiger partial charge in [-0.05, 0) is 24.6 Å². The van der Waals surface area contributed by atoms with Crippen molar-refractivity contribution in [2.24, 2.45) is 0 Å². The number of aromatic nitrogens is 2. The highest BCUT2D eigenvalue weighted by molar-refractivity contribution is 5.78. The Morgan fingerprint density at radius 1 is 1.40 bits per heavy atom. The predicted octanol–water partition coefficient (Wildman–Crippen LogP) is -1.93. The lowest BCUT2D eigenvalue weighted by atomic mass is 10.3. The first kappa shape index (κ1) is 11.8. The number of fused-ring (bicyclic) bond motifs is 1. The number of halogens is 1. The van der Waals surface area contributed by atoms with E-state index in [0.717, 1.165) is 35.4 Å². The quantitative estimate of drug-likeness (QED) is 0.534. The van der Waals surface area contributed by atoms with Crippen molar-refractivity contribution < 1.29 is 17.5 Å². The molecule has 1 aromatic heterocycles. The largest absolute Gasteiger partial charge is 1.00 e. The van der Waals surface area contributed by atoms with Crippen LogP contribution < -0.4 is 18.1 Å². The number of aliphatic hydroxyl groups is 1. The number of aromatic amines is 1. The molecule has 0 saturated carbocycles. The van der Waals surface area contributed by atoms with Crippen molar-refractivity contribution in [1.29, 1.82) is 0 Å². The normalized spacial score (nSPS) is 10.2. The Bertz CT molecular complexity index is 441. The Morgan fingerprint density at radius 2 is 2.20 bits per heavy atom. The summed E-state index contributed by atoms with van der Waals surface area (Å²) in [5.41, 5.74) is 8.26. The van der Waals surface area contributed by atoms with Gasteiger partial charge in [0.2, 0.25) is 0 Å². The van der Waals surface area contributed by atoms with Gasteiger partial charge in [0, 0.05) is 18.7 Å². The minimum absolute atomic E-state index is 0. The minimum Gasteiger partial charge on any atom is -1.00 e. The van der Waals surface area contributed by atoms with E-state index in [4.69, 9.17) is 10.8 Å². The van der Waals surface area contributed by atoms with Crippen LogP contribution in [0.2, 0.25) is 0 Å². The maximum Gasteiger partial charge on any atom is 0.107 e. The number of benzene rings is 1. The molecule has 2 rings (SSSR count). The summed E-state index contributed by atoms with van der Waals surface area (Å²) in [5, 5.41) is 8.68. The molecular formula is C10H13ClN3O-. The molecule has 0 atom stereocenters. The fourth-order valence-corrected chi connectivity index (χ4v) is 1.44. The van der Waals surface area contributed by atoms with E-state index in [0.29, 0.717) is 0 Å². The number of aliphatic hydroxyl groups excluding tert-OH is 1. The summed E-state index contributed by atoms with van der Waals surface area (Å²) in [4.78, 5) is 7.54. The van der Waals surface area contributed by atoms with Crippen molar-refractivity contribution in [3.8, 4) is 0 Å². The van der Waals surface area contributed by atoms with Crippen molar-refractivity contribution in [2.45, 2.75) is 12.8 Å². The second-order valence-electron chi connectivity index (χ2n) is 3.29. The van der Waals surface area contributed by atoms with Gasteiger partial charge in [-0.2, -0.15) is 0 Å². The van der Waals surface area contributed by atoms with Crippen LogP contribution in [0.15, 0.2) is 18.2 Å². The van der Waals surface area contributed by atoms with E-state index in [9.17, 15) is 0 Å². The minimum atomic E-state index is 0. The van der Waals surface area contributed by atoms with Gasteiger partial charge in [-0.1, -0.05) is 0 Å². The van der Waals surface area contributed by atoms with Crippen LogP contribution in [0, 0.1) is 0 Å². The second kappa shape index (κ2) is 5.00. The van der Waals surface area contributed by atoms with Gasteiger partial charge in [-0.15, -0.1) is 0 Å². The van der Waals surface area contributed by atoms with Crippen LogP contribution in [0.25, 0.3) is 11.0 Å². The summed E-state index contributed by atoms with van der Waals surface area (Å²) in [6.07, 6.45) is 1.50. The van der Waals surface area contributed by atoms with Gasteiger partial charge in [-0.3, -0.25) is 0 Å². The first-order valence-electron chi connectivity index (χ1n) is 4.64. The van der Waals surface area contributed by atoms with Crippen LogP contribution in [0.5, 0.6) is 0 Å². The molecule has 4 N–H and O–H groups in total. The van der Waals surface area contributed by atoms with E-state index in [2.05, 4.69) is 9.97 Å². The maximum absolute atomic E-state index is 8.68. The molecule has 0 saturated heterocycles. The van der Waals surface area contributed by atoms with Gasteiger partial charge in [-0.25, -0.2) is 4.98 Å². The fraction of sp³-hybridized carbons (Fsp3) is 0.300. The Hall–Kier alpha value is -1.26. The van der Waals surface area contributed by atoms with E-state index in [1.165, 1.54) is 0 Å². The number of nitrogen functional groups attached to an aromatic ring is 1. The average Bonchev–Trinajstić information content (AvgIpc) is 2.56. The molecule has 15 heavy (non-hydrogen) atoms. The van der Waals surface area contributed by atoms with Crippen molar-refractivity contribution in [3.63, 3.8) is 0 Å². The molecule has 0 aliphatic rings. The molecule has 0 fully saturated rings. The molecule has 0 amide bonds. The van der Waals surface area contributed by atoms with E-state index in [1.807, 2.05) is 18.2 Å². The molecule has 0 spiro atoms. The SMILES string of the molecule is Nc1ccc2nc(CCCO)[nH]c2c1.[Cl-]. The van der Waals surface area contributed by atoms with Crippen LogP contribution >= 0.6 is 0 Å². The van der Waals surface area contributed by atoms with E-state index in [1.54, 1.807) is 0 Å². The summed E-state index contributed by atoms with van der Waals surface area (Å²) in [7, 11) is 0. The number of H-pyrrole nitrogens is 1. The molecule has 82 valence electrons. The third-order valence-electron chi connectivity index (χ3n) is 2.13. The van der Waals surface area contributed by atoms with Crippen molar-refractivity contribution in [1.82, 2.24) is 9.97 Å². The van der Waals surface area contributed by atoms with Crippen molar-refractivity contribution >= 4 is 16.7 Å². The van der Waals surface area contributed by atoms with Gasteiger partial charge in [0.15, 0.2) is 0 Å². The molecule has 1 aromatic carbocycles. The van der Waals surface area contributed by atoms with Crippen molar-refractivity contribution in [3.05, 3.63) is 24.0 Å². The third-order valence-corrected chi connectivity index (χ3v) is 2.13. The fourth-order valence-electron chi connectivity index (χ4n) is 1.44. The van der Waals surface area contributed by atoms with Crippen LogP contribution in [0.3, 0.4) is 0 Å². The smallest absolute Gasteiger partial charge is 0.107 e. The van der Waals surface area contributed by atoms with Crippen molar-refractivity contribution in [2.75, 3.05) is 12.3 Å². The number of rotatable bonds is 3. The highest BCUT2D eigenvalue weighted by Crippen LogP contribution is 2.15. The van der Waals surface area contributed by atoms with E-state index in [-0.39, 0.29) is 19.0 Å². The number of anilines is 1.